The van der Waals surface area contributed by atoms with Crippen molar-refractivity contribution in [3.63, 3.8) is 0 Å². The quantitative estimate of drug-likeness (QED) is 0.759. The summed E-state index contributed by atoms with van der Waals surface area (Å²) < 4.78 is 0. The summed E-state index contributed by atoms with van der Waals surface area (Å²) >= 11 is 13.4. The highest BCUT2D eigenvalue weighted by molar-refractivity contribution is 7.13. The van der Waals surface area contributed by atoms with Crippen molar-refractivity contribution in [2.45, 2.75) is 19.8 Å². The first-order valence-electron chi connectivity index (χ1n) is 5.72. The van der Waals surface area contributed by atoms with E-state index in [0.717, 1.165) is 31.5 Å². The molecular formula is C12H15Cl2NOS. The third kappa shape index (κ3) is 2.78. The van der Waals surface area contributed by atoms with E-state index in [1.54, 1.807) is 0 Å². The Bertz CT molecular complexity index is 411. The van der Waals surface area contributed by atoms with Crippen LogP contribution in [0.2, 0.25) is 5.02 Å². The maximum Gasteiger partial charge on any atom is 0.265 e. The minimum Gasteiger partial charge on any atom is -0.338 e. The fraction of sp³-hybridized carbons (Fsp3) is 0.583. The van der Waals surface area contributed by atoms with Crippen molar-refractivity contribution in [1.82, 2.24) is 4.90 Å². The van der Waals surface area contributed by atoms with Crippen LogP contribution in [0.15, 0.2) is 5.38 Å². The van der Waals surface area contributed by atoms with E-state index in [1.165, 1.54) is 11.3 Å². The topological polar surface area (TPSA) is 20.3 Å². The molecule has 1 saturated heterocycles. The molecule has 0 N–H and O–H groups in total. The molecule has 0 atom stereocenters. The molecule has 0 aromatic carbocycles. The summed E-state index contributed by atoms with van der Waals surface area (Å²) in [6.45, 7) is 3.52. The molecule has 0 radical (unpaired) electrons. The number of halogens is 2. The number of hydrogen-bond acceptors (Lipinski definition) is 2. The van der Waals surface area contributed by atoms with Crippen molar-refractivity contribution in [2.75, 3.05) is 19.0 Å². The number of amides is 1. The monoisotopic (exact) mass is 291 g/mol. The van der Waals surface area contributed by atoms with Crippen LogP contribution in [0.5, 0.6) is 0 Å². The van der Waals surface area contributed by atoms with E-state index in [9.17, 15) is 4.79 Å². The second kappa shape index (κ2) is 5.59. The molecule has 94 valence electrons. The van der Waals surface area contributed by atoms with E-state index in [4.69, 9.17) is 23.2 Å². The van der Waals surface area contributed by atoms with Crippen LogP contribution in [0.3, 0.4) is 0 Å². The highest BCUT2D eigenvalue weighted by Gasteiger charge is 2.25. The van der Waals surface area contributed by atoms with Gasteiger partial charge >= 0.3 is 0 Å². The van der Waals surface area contributed by atoms with E-state index in [0.29, 0.717) is 21.7 Å². The highest BCUT2D eigenvalue weighted by atomic mass is 35.5. The average Bonchev–Trinajstić information content (AvgIpc) is 2.69. The third-order valence-electron chi connectivity index (χ3n) is 3.21. The Labute approximate surface area is 116 Å². The summed E-state index contributed by atoms with van der Waals surface area (Å²) in [6, 6.07) is 0. The maximum absolute atomic E-state index is 12.2. The molecule has 0 saturated carbocycles. The molecule has 0 spiro atoms. The second-order valence-corrected chi connectivity index (χ2v) is 6.02. The number of carbonyl (C=O) groups is 1. The molecule has 2 rings (SSSR count). The number of alkyl halides is 1. The van der Waals surface area contributed by atoms with Gasteiger partial charge < -0.3 is 4.90 Å². The SMILES string of the molecule is Cc1csc(C(=O)N2CCC(CCl)CC2)c1Cl. The van der Waals surface area contributed by atoms with Crippen LogP contribution < -0.4 is 0 Å². The molecule has 1 aromatic rings. The summed E-state index contributed by atoms with van der Waals surface area (Å²) in [6.07, 6.45) is 1.99. The maximum atomic E-state index is 12.2. The van der Waals surface area contributed by atoms with Gasteiger partial charge in [0.05, 0.1) is 5.02 Å². The zero-order valence-electron chi connectivity index (χ0n) is 9.71. The summed E-state index contributed by atoms with van der Waals surface area (Å²) in [5.74, 6) is 1.32. The van der Waals surface area contributed by atoms with Gasteiger partial charge in [0.2, 0.25) is 0 Å². The minimum atomic E-state index is 0.0705. The molecule has 0 bridgehead atoms. The molecule has 1 aliphatic rings. The smallest absolute Gasteiger partial charge is 0.265 e. The summed E-state index contributed by atoms with van der Waals surface area (Å²) in [5.41, 5.74) is 0.982. The van der Waals surface area contributed by atoms with E-state index in [-0.39, 0.29) is 5.91 Å². The van der Waals surface area contributed by atoms with Crippen molar-refractivity contribution < 1.29 is 4.79 Å². The zero-order valence-corrected chi connectivity index (χ0v) is 12.0. The van der Waals surface area contributed by atoms with Gasteiger partial charge in [-0.25, -0.2) is 0 Å². The predicted molar refractivity (Wildman–Crippen MR) is 73.4 cm³/mol. The van der Waals surface area contributed by atoms with Crippen LogP contribution in [0, 0.1) is 12.8 Å². The van der Waals surface area contributed by atoms with Crippen LogP contribution in [-0.4, -0.2) is 29.8 Å². The number of likely N-dealkylation sites (tertiary alicyclic amines) is 1. The molecule has 1 fully saturated rings. The lowest BCUT2D eigenvalue weighted by Gasteiger charge is -2.30. The number of rotatable bonds is 2. The molecule has 0 unspecified atom stereocenters. The second-order valence-electron chi connectivity index (χ2n) is 4.45. The Morgan fingerprint density at radius 2 is 2.18 bits per heavy atom. The third-order valence-corrected chi connectivity index (χ3v) is 5.33. The molecule has 5 heteroatoms. The number of aryl methyl sites for hydroxylation is 1. The lowest BCUT2D eigenvalue weighted by atomic mass is 9.99. The van der Waals surface area contributed by atoms with Gasteiger partial charge in [-0.15, -0.1) is 22.9 Å². The first-order valence-corrected chi connectivity index (χ1v) is 7.51. The van der Waals surface area contributed by atoms with Gasteiger partial charge in [-0.05, 0) is 36.6 Å². The molecule has 0 aliphatic carbocycles. The Balaban J connectivity index is 2.04. The average molecular weight is 292 g/mol. The summed E-state index contributed by atoms with van der Waals surface area (Å²) in [5, 5.41) is 2.54. The number of nitrogens with zero attached hydrogens (tertiary/aromatic N) is 1. The number of thiophene rings is 1. The van der Waals surface area contributed by atoms with E-state index >= 15 is 0 Å². The molecule has 2 nitrogen and oxygen atoms in total. The summed E-state index contributed by atoms with van der Waals surface area (Å²) in [7, 11) is 0. The van der Waals surface area contributed by atoms with Gasteiger partial charge in [0.15, 0.2) is 0 Å². The predicted octanol–water partition coefficient (Wildman–Crippen LogP) is 3.80. The molecule has 17 heavy (non-hydrogen) atoms. The van der Waals surface area contributed by atoms with Crippen LogP contribution in [0.4, 0.5) is 0 Å². The van der Waals surface area contributed by atoms with Gasteiger partial charge in [-0.2, -0.15) is 0 Å². The molecule has 1 aromatic heterocycles. The van der Waals surface area contributed by atoms with E-state index in [1.807, 2.05) is 17.2 Å². The normalized spacial score (nSPS) is 17.5. The first kappa shape index (κ1) is 13.2. The lowest BCUT2D eigenvalue weighted by Crippen LogP contribution is -2.38. The van der Waals surface area contributed by atoms with Gasteiger partial charge in [0.1, 0.15) is 4.88 Å². The molecule has 2 heterocycles. The van der Waals surface area contributed by atoms with Crippen LogP contribution >= 0.6 is 34.5 Å². The van der Waals surface area contributed by atoms with Crippen LogP contribution in [0.25, 0.3) is 0 Å². The lowest BCUT2D eigenvalue weighted by molar-refractivity contribution is 0.0703. The summed E-state index contributed by atoms with van der Waals surface area (Å²) in [4.78, 5) is 14.8. The highest BCUT2D eigenvalue weighted by Crippen LogP contribution is 2.29. The van der Waals surface area contributed by atoms with Gasteiger partial charge in [0, 0.05) is 19.0 Å². The Hall–Kier alpha value is -0.250. The van der Waals surface area contributed by atoms with Crippen LogP contribution in [0.1, 0.15) is 28.1 Å². The minimum absolute atomic E-state index is 0.0705. The number of piperidine rings is 1. The largest absolute Gasteiger partial charge is 0.338 e. The number of carbonyl (C=O) groups excluding carboxylic acids is 1. The van der Waals surface area contributed by atoms with Crippen LogP contribution in [-0.2, 0) is 0 Å². The fourth-order valence-corrected chi connectivity index (χ4v) is 3.56. The van der Waals surface area contributed by atoms with Crippen molar-refractivity contribution >= 4 is 40.4 Å². The van der Waals surface area contributed by atoms with Gasteiger partial charge in [-0.1, -0.05) is 11.6 Å². The Morgan fingerprint density at radius 3 is 2.65 bits per heavy atom. The van der Waals surface area contributed by atoms with Crippen molar-refractivity contribution in [3.8, 4) is 0 Å². The van der Waals surface area contributed by atoms with E-state index in [2.05, 4.69) is 0 Å². The van der Waals surface area contributed by atoms with Crippen molar-refractivity contribution in [3.05, 3.63) is 20.8 Å². The number of hydrogen-bond donors (Lipinski definition) is 0. The van der Waals surface area contributed by atoms with E-state index < -0.39 is 0 Å². The van der Waals surface area contributed by atoms with Gasteiger partial charge in [0.25, 0.3) is 5.91 Å². The Kier molecular flexibility index (Phi) is 4.34. The standard InChI is InChI=1S/C12H15Cl2NOS/c1-8-7-17-11(10(8)14)12(16)15-4-2-9(6-13)3-5-15/h7,9H,2-6H2,1H3. The molecular weight excluding hydrogens is 277 g/mol. The molecule has 1 aliphatic heterocycles. The first-order chi connectivity index (χ1) is 8.13. The molecule has 1 amide bonds. The fourth-order valence-electron chi connectivity index (χ4n) is 2.01. The van der Waals surface area contributed by atoms with Gasteiger partial charge in [-0.3, -0.25) is 4.79 Å². The zero-order chi connectivity index (χ0) is 12.4. The Morgan fingerprint density at radius 1 is 1.53 bits per heavy atom. The van der Waals surface area contributed by atoms with Crippen molar-refractivity contribution in [1.29, 1.82) is 0 Å². The van der Waals surface area contributed by atoms with Crippen molar-refractivity contribution in [2.24, 2.45) is 5.92 Å².